The highest BCUT2D eigenvalue weighted by Gasteiger charge is 2.29. The van der Waals surface area contributed by atoms with Crippen LogP contribution in [0.25, 0.3) is 32.3 Å². The van der Waals surface area contributed by atoms with Crippen LogP contribution in [0.2, 0.25) is 0 Å². The van der Waals surface area contributed by atoms with Gasteiger partial charge in [-0.05, 0) is 115 Å². The molecule has 0 N–H and O–H groups in total. The maximum absolute atomic E-state index is 6.16. The van der Waals surface area contributed by atoms with Gasteiger partial charge in [0.05, 0.1) is 23.2 Å². The molecule has 252 valence electrons. The molecule has 2 aliphatic carbocycles. The van der Waals surface area contributed by atoms with Gasteiger partial charge in [0.2, 0.25) is 0 Å². The van der Waals surface area contributed by atoms with Crippen LogP contribution in [-0.2, 0) is 4.74 Å². The van der Waals surface area contributed by atoms with E-state index < -0.39 is 0 Å². The number of aryl methyl sites for hydroxylation is 1. The van der Waals surface area contributed by atoms with Gasteiger partial charge in [-0.25, -0.2) is 0 Å². The second-order valence-corrected chi connectivity index (χ2v) is 15.2. The first-order valence-electron chi connectivity index (χ1n) is 18.3. The molecule has 3 heteroatoms. The quantitative estimate of drug-likeness (QED) is 0.155. The summed E-state index contributed by atoms with van der Waals surface area (Å²) in [4.78, 5) is 5.05. The Hall–Kier alpha value is -5.02. The molecule has 0 saturated heterocycles. The van der Waals surface area contributed by atoms with Crippen molar-refractivity contribution in [3.8, 4) is 0 Å². The van der Waals surface area contributed by atoms with Crippen molar-refractivity contribution in [1.29, 1.82) is 0 Å². The molecule has 1 heterocycles. The molecule has 5 aromatic rings. The van der Waals surface area contributed by atoms with Gasteiger partial charge in [0.15, 0.2) is 0 Å². The lowest BCUT2D eigenvalue weighted by Gasteiger charge is -2.34. The SMILES string of the molecule is CC1=CC(N(C2=CC=C(C)C2)c2cc(C(C)C)c3ccc4c(N(C5=CC=C(C)OC5)c5ccc(C)cc5)cc(C(C)C)c5ccc2c3c54)C=C1. The summed E-state index contributed by atoms with van der Waals surface area (Å²) in [6, 6.07) is 23.6. The lowest BCUT2D eigenvalue weighted by Crippen LogP contribution is -2.31. The third-order valence-electron chi connectivity index (χ3n) is 10.8. The van der Waals surface area contributed by atoms with E-state index in [0.717, 1.165) is 23.6 Å². The van der Waals surface area contributed by atoms with Crippen molar-refractivity contribution in [1.82, 2.24) is 0 Å². The first kappa shape index (κ1) is 32.2. The van der Waals surface area contributed by atoms with Crippen LogP contribution in [-0.4, -0.2) is 12.6 Å². The number of hydrogen-bond acceptors (Lipinski definition) is 3. The molecule has 0 saturated carbocycles. The molecule has 0 amide bonds. The number of anilines is 3. The van der Waals surface area contributed by atoms with E-state index in [0.29, 0.717) is 18.4 Å². The van der Waals surface area contributed by atoms with Crippen LogP contribution in [0, 0.1) is 6.92 Å². The summed E-state index contributed by atoms with van der Waals surface area (Å²) in [7, 11) is 0. The van der Waals surface area contributed by atoms with Crippen LogP contribution in [0.4, 0.5) is 17.1 Å². The Morgan fingerprint density at radius 2 is 1.26 bits per heavy atom. The average Bonchev–Trinajstić information content (AvgIpc) is 3.73. The molecule has 0 bridgehead atoms. The summed E-state index contributed by atoms with van der Waals surface area (Å²) in [5.41, 5.74) is 12.9. The highest BCUT2D eigenvalue weighted by Crippen LogP contribution is 2.50. The highest BCUT2D eigenvalue weighted by atomic mass is 16.5. The minimum absolute atomic E-state index is 0.174. The Morgan fingerprint density at radius 3 is 1.80 bits per heavy atom. The summed E-state index contributed by atoms with van der Waals surface area (Å²) < 4.78 is 6.16. The lowest BCUT2D eigenvalue weighted by molar-refractivity contribution is 0.235. The second-order valence-electron chi connectivity index (χ2n) is 15.2. The lowest BCUT2D eigenvalue weighted by atomic mass is 9.84. The molecule has 0 spiro atoms. The van der Waals surface area contributed by atoms with E-state index in [1.54, 1.807) is 0 Å². The summed E-state index contributed by atoms with van der Waals surface area (Å²) >= 11 is 0. The standard InChI is InChI=1S/C47H48N2O/c1-28(2)42-25-44(48(34-14-9-30(5)10-15-34)37-18-13-33(8)50-27-37)40-21-19-39-43(29(3)4)26-45(41-22-20-38(42)46(40)47(39)41)49(35-16-11-31(6)23-35)36-17-12-32(7)24-36/h9-23,25-26,28-29,35H,24,27H2,1-8H3. The van der Waals surface area contributed by atoms with Crippen LogP contribution in [0.5, 0.6) is 0 Å². The van der Waals surface area contributed by atoms with Crippen LogP contribution in [0.15, 0.2) is 131 Å². The summed E-state index contributed by atoms with van der Waals surface area (Å²) in [5, 5.41) is 8.00. The van der Waals surface area contributed by atoms with Gasteiger partial charge < -0.3 is 14.5 Å². The third kappa shape index (κ3) is 5.35. The topological polar surface area (TPSA) is 15.7 Å². The zero-order chi connectivity index (χ0) is 34.8. The van der Waals surface area contributed by atoms with Crippen molar-refractivity contribution in [2.24, 2.45) is 0 Å². The fourth-order valence-electron chi connectivity index (χ4n) is 8.24. The fourth-order valence-corrected chi connectivity index (χ4v) is 8.24. The normalized spacial score (nSPS) is 17.5. The number of rotatable bonds is 8. The summed E-state index contributed by atoms with van der Waals surface area (Å²) in [5.74, 6) is 1.65. The number of hydrogen-bond donors (Lipinski definition) is 0. The molecule has 1 unspecified atom stereocenters. The van der Waals surface area contributed by atoms with Gasteiger partial charge in [-0.1, -0.05) is 105 Å². The molecular weight excluding hydrogens is 609 g/mol. The van der Waals surface area contributed by atoms with E-state index in [-0.39, 0.29) is 6.04 Å². The predicted molar refractivity (Wildman–Crippen MR) is 215 cm³/mol. The Balaban J connectivity index is 1.48. The second kappa shape index (κ2) is 12.4. The van der Waals surface area contributed by atoms with Crippen molar-refractivity contribution in [2.45, 2.75) is 79.7 Å². The zero-order valence-corrected chi connectivity index (χ0v) is 30.8. The van der Waals surface area contributed by atoms with Crippen molar-refractivity contribution >= 4 is 49.4 Å². The van der Waals surface area contributed by atoms with E-state index >= 15 is 0 Å². The van der Waals surface area contributed by atoms with Gasteiger partial charge in [-0.2, -0.15) is 0 Å². The van der Waals surface area contributed by atoms with Crippen molar-refractivity contribution in [2.75, 3.05) is 16.4 Å². The van der Waals surface area contributed by atoms with E-state index in [1.807, 2.05) is 6.92 Å². The maximum Gasteiger partial charge on any atom is 0.128 e. The van der Waals surface area contributed by atoms with E-state index in [2.05, 4.69) is 161 Å². The van der Waals surface area contributed by atoms with Crippen molar-refractivity contribution in [3.63, 3.8) is 0 Å². The Bertz CT molecular complexity index is 2340. The fraction of sp³-hybridized carbons (Fsp3) is 0.277. The van der Waals surface area contributed by atoms with Gasteiger partial charge in [-0.3, -0.25) is 0 Å². The molecular formula is C47H48N2O. The minimum Gasteiger partial charge on any atom is -0.492 e. The smallest absolute Gasteiger partial charge is 0.128 e. The van der Waals surface area contributed by atoms with Crippen LogP contribution in [0.1, 0.15) is 83.4 Å². The van der Waals surface area contributed by atoms with Crippen molar-refractivity contribution < 1.29 is 4.74 Å². The zero-order valence-electron chi connectivity index (χ0n) is 30.8. The Labute approximate surface area is 297 Å². The molecule has 5 aromatic carbocycles. The van der Waals surface area contributed by atoms with Gasteiger partial charge >= 0.3 is 0 Å². The minimum atomic E-state index is 0.174. The van der Waals surface area contributed by atoms with Crippen LogP contribution < -0.4 is 9.80 Å². The number of allylic oxidation sites excluding steroid dienone is 8. The monoisotopic (exact) mass is 656 g/mol. The van der Waals surface area contributed by atoms with Gasteiger partial charge in [-0.15, -0.1) is 0 Å². The summed E-state index contributed by atoms with van der Waals surface area (Å²) in [6.07, 6.45) is 17.0. The number of nitrogens with zero attached hydrogens (tertiary/aromatic N) is 2. The van der Waals surface area contributed by atoms with E-state index in [9.17, 15) is 0 Å². The van der Waals surface area contributed by atoms with E-state index in [4.69, 9.17) is 4.74 Å². The largest absolute Gasteiger partial charge is 0.492 e. The molecule has 1 atom stereocenters. The maximum atomic E-state index is 6.16. The Morgan fingerprint density at radius 1 is 0.660 bits per heavy atom. The molecule has 3 nitrogen and oxygen atoms in total. The molecule has 1 aliphatic heterocycles. The van der Waals surface area contributed by atoms with Gasteiger partial charge in [0.25, 0.3) is 0 Å². The third-order valence-corrected chi connectivity index (χ3v) is 10.8. The molecule has 50 heavy (non-hydrogen) atoms. The molecule has 0 radical (unpaired) electrons. The first-order valence-corrected chi connectivity index (χ1v) is 18.3. The number of benzene rings is 5. The van der Waals surface area contributed by atoms with Crippen LogP contribution in [0.3, 0.4) is 0 Å². The molecule has 8 rings (SSSR count). The first-order chi connectivity index (χ1) is 24.1. The predicted octanol–water partition coefficient (Wildman–Crippen LogP) is 13.0. The Kier molecular flexibility index (Phi) is 7.98. The van der Waals surface area contributed by atoms with Gasteiger partial charge in [0.1, 0.15) is 6.61 Å². The van der Waals surface area contributed by atoms with E-state index in [1.165, 1.54) is 77.2 Å². The molecule has 3 aliphatic rings. The molecule has 0 aromatic heterocycles. The highest BCUT2D eigenvalue weighted by molar-refractivity contribution is 6.29. The summed E-state index contributed by atoms with van der Waals surface area (Å²) in [6.45, 7) is 18.5. The van der Waals surface area contributed by atoms with Gasteiger partial charge in [0, 0.05) is 34.3 Å². The average molecular weight is 657 g/mol. The van der Waals surface area contributed by atoms with Crippen LogP contribution >= 0.6 is 0 Å². The van der Waals surface area contributed by atoms with Crippen molar-refractivity contribution in [3.05, 3.63) is 148 Å². The number of ether oxygens (including phenoxy) is 1. The molecule has 0 fully saturated rings.